The van der Waals surface area contributed by atoms with E-state index in [2.05, 4.69) is 22.3 Å². The maximum Gasteiger partial charge on any atom is 0.259 e. The van der Waals surface area contributed by atoms with Crippen LogP contribution in [0, 0.1) is 5.41 Å². The fourth-order valence-electron chi connectivity index (χ4n) is 5.64. The molecule has 1 aliphatic carbocycles. The van der Waals surface area contributed by atoms with Crippen molar-refractivity contribution in [2.24, 2.45) is 5.41 Å². The van der Waals surface area contributed by atoms with Gasteiger partial charge in [0, 0.05) is 56.8 Å². The molecule has 0 saturated carbocycles. The molecule has 3 aromatic rings. The van der Waals surface area contributed by atoms with Gasteiger partial charge >= 0.3 is 0 Å². The first-order chi connectivity index (χ1) is 16.5. The van der Waals surface area contributed by atoms with Gasteiger partial charge in [-0.05, 0) is 30.9 Å². The molecule has 1 amide bonds. The van der Waals surface area contributed by atoms with Crippen LogP contribution in [0.5, 0.6) is 5.88 Å². The van der Waals surface area contributed by atoms with Crippen molar-refractivity contribution < 1.29 is 14.3 Å². The van der Waals surface area contributed by atoms with Gasteiger partial charge in [-0.25, -0.2) is 0 Å². The summed E-state index contributed by atoms with van der Waals surface area (Å²) in [7, 11) is 0. The maximum absolute atomic E-state index is 13.5. The van der Waals surface area contributed by atoms with Crippen LogP contribution in [0.2, 0.25) is 0 Å². The van der Waals surface area contributed by atoms with E-state index in [-0.39, 0.29) is 28.4 Å². The Morgan fingerprint density at radius 3 is 2.71 bits per heavy atom. The van der Waals surface area contributed by atoms with Crippen LogP contribution in [0.25, 0.3) is 11.0 Å². The Hall–Kier alpha value is -3.26. The molecular weight excluding hydrogens is 432 g/mol. The van der Waals surface area contributed by atoms with Crippen molar-refractivity contribution in [3.8, 4) is 5.88 Å². The third-order valence-electron chi connectivity index (χ3n) is 7.58. The third kappa shape index (κ3) is 3.57. The number of pyridine rings is 1. The Balaban J connectivity index is 1.30. The first-order valence-corrected chi connectivity index (χ1v) is 12.1. The predicted molar refractivity (Wildman–Crippen MR) is 126 cm³/mol. The molecule has 34 heavy (non-hydrogen) atoms. The Morgan fingerprint density at radius 2 is 2.00 bits per heavy atom. The average molecular weight is 461 g/mol. The maximum atomic E-state index is 13.5. The largest absolute Gasteiger partial charge is 0.473 e. The number of ether oxygens (including phenoxy) is 2. The van der Waals surface area contributed by atoms with Crippen molar-refractivity contribution in [3.05, 3.63) is 63.4 Å². The van der Waals surface area contributed by atoms with Crippen LogP contribution in [0.1, 0.15) is 41.3 Å². The number of aryl methyl sites for hydroxylation is 1. The quantitative estimate of drug-likeness (QED) is 0.595. The van der Waals surface area contributed by atoms with E-state index >= 15 is 0 Å². The highest BCUT2D eigenvalue weighted by Gasteiger charge is 2.43. The summed E-state index contributed by atoms with van der Waals surface area (Å²) in [6, 6.07) is 9.94. The summed E-state index contributed by atoms with van der Waals surface area (Å²) >= 11 is 0. The van der Waals surface area contributed by atoms with Crippen LogP contribution in [0.4, 0.5) is 0 Å². The molecule has 0 bridgehead atoms. The molecule has 3 aliphatic rings. The van der Waals surface area contributed by atoms with Crippen molar-refractivity contribution in [3.63, 3.8) is 0 Å². The van der Waals surface area contributed by atoms with Gasteiger partial charge in [0.05, 0.1) is 12.0 Å². The number of benzene rings is 1. The standard InChI is InChI=1S/C26H28N4O4/c1-2-29-14-21(25(32)30-9-7-26(15-30)8-10-33-16-26)23(31)20-13-22(27-28-24(20)29)34-19-11-17-5-3-4-6-18(17)12-19/h3-6,13-14,19H,2,7-12,15-16H2,1H3. The second-order valence-corrected chi connectivity index (χ2v) is 9.77. The van der Waals surface area contributed by atoms with E-state index < -0.39 is 0 Å². The molecule has 1 aromatic carbocycles. The van der Waals surface area contributed by atoms with Gasteiger partial charge in [-0.15, -0.1) is 10.2 Å². The van der Waals surface area contributed by atoms with Gasteiger partial charge in [-0.3, -0.25) is 9.59 Å². The normalized spacial score (nSPS) is 22.1. The van der Waals surface area contributed by atoms with Gasteiger partial charge in [0.15, 0.2) is 5.65 Å². The number of aromatic nitrogens is 3. The fraction of sp³-hybridized carbons (Fsp3) is 0.462. The smallest absolute Gasteiger partial charge is 0.259 e. The van der Waals surface area contributed by atoms with Crippen molar-refractivity contribution in [2.75, 3.05) is 26.3 Å². The molecule has 2 aromatic heterocycles. The fourth-order valence-corrected chi connectivity index (χ4v) is 5.64. The zero-order valence-electron chi connectivity index (χ0n) is 19.3. The topological polar surface area (TPSA) is 86.5 Å². The number of likely N-dealkylation sites (tertiary alicyclic amines) is 1. The summed E-state index contributed by atoms with van der Waals surface area (Å²) in [5.41, 5.74) is 2.92. The number of amides is 1. The molecule has 176 valence electrons. The number of carbonyl (C=O) groups is 1. The number of carbonyl (C=O) groups excluding carboxylic acids is 1. The lowest BCUT2D eigenvalue weighted by Crippen LogP contribution is -2.35. The first kappa shape index (κ1) is 21.3. The summed E-state index contributed by atoms with van der Waals surface area (Å²) in [4.78, 5) is 28.7. The number of nitrogens with zero attached hydrogens (tertiary/aromatic N) is 4. The molecule has 8 nitrogen and oxygen atoms in total. The van der Waals surface area contributed by atoms with Crippen molar-refractivity contribution in [2.45, 2.75) is 45.3 Å². The molecule has 0 radical (unpaired) electrons. The van der Waals surface area contributed by atoms with Crippen LogP contribution < -0.4 is 10.2 Å². The summed E-state index contributed by atoms with van der Waals surface area (Å²) in [6.07, 6.45) is 5.07. The van der Waals surface area contributed by atoms with Crippen LogP contribution >= 0.6 is 0 Å². The Kier molecular flexibility index (Phi) is 5.13. The molecule has 6 rings (SSSR count). The van der Waals surface area contributed by atoms with Gasteiger partial charge < -0.3 is 18.9 Å². The highest BCUT2D eigenvalue weighted by atomic mass is 16.5. The number of rotatable bonds is 4. The Morgan fingerprint density at radius 1 is 1.21 bits per heavy atom. The first-order valence-electron chi connectivity index (χ1n) is 12.1. The summed E-state index contributed by atoms with van der Waals surface area (Å²) < 4.78 is 13.5. The van der Waals surface area contributed by atoms with Crippen LogP contribution in [-0.4, -0.2) is 58.0 Å². The average Bonchev–Trinajstić information content (AvgIpc) is 3.59. The zero-order valence-corrected chi connectivity index (χ0v) is 19.3. The van der Waals surface area contributed by atoms with Crippen LogP contribution in [0.15, 0.2) is 41.3 Å². The monoisotopic (exact) mass is 460 g/mol. The van der Waals surface area contributed by atoms with Crippen molar-refractivity contribution >= 4 is 16.9 Å². The highest BCUT2D eigenvalue weighted by Crippen LogP contribution is 2.38. The van der Waals surface area contributed by atoms with E-state index in [1.807, 2.05) is 23.6 Å². The Labute approximate surface area is 197 Å². The minimum atomic E-state index is -0.317. The molecule has 2 saturated heterocycles. The van der Waals surface area contributed by atoms with E-state index in [1.54, 1.807) is 17.2 Å². The molecule has 1 spiro atoms. The summed E-state index contributed by atoms with van der Waals surface area (Å²) in [5, 5.41) is 8.92. The van der Waals surface area contributed by atoms with Crippen LogP contribution in [0.3, 0.4) is 0 Å². The van der Waals surface area contributed by atoms with E-state index in [0.717, 1.165) is 32.3 Å². The van der Waals surface area contributed by atoms with Gasteiger partial charge in [-0.1, -0.05) is 24.3 Å². The SMILES string of the molecule is CCn1cc(C(=O)N2CCC3(CCOC3)C2)c(=O)c2cc(OC3Cc4ccccc4C3)nnc21. The summed E-state index contributed by atoms with van der Waals surface area (Å²) in [5.74, 6) is 0.0984. The van der Waals surface area contributed by atoms with E-state index in [1.165, 1.54) is 11.1 Å². The lowest BCUT2D eigenvalue weighted by molar-refractivity contribution is 0.0764. The minimum absolute atomic E-state index is 0.0433. The molecule has 4 heterocycles. The van der Waals surface area contributed by atoms with Gasteiger partial charge in [0.25, 0.3) is 5.91 Å². The Bertz CT molecular complexity index is 1300. The molecule has 1 atom stereocenters. The number of hydrogen-bond donors (Lipinski definition) is 0. The number of hydrogen-bond acceptors (Lipinski definition) is 6. The molecule has 8 heteroatoms. The van der Waals surface area contributed by atoms with Gasteiger partial charge in [-0.2, -0.15) is 0 Å². The second kappa shape index (κ2) is 8.20. The van der Waals surface area contributed by atoms with E-state index in [4.69, 9.17) is 9.47 Å². The molecule has 2 fully saturated rings. The second-order valence-electron chi connectivity index (χ2n) is 9.77. The van der Waals surface area contributed by atoms with E-state index in [9.17, 15) is 9.59 Å². The molecule has 0 N–H and O–H groups in total. The minimum Gasteiger partial charge on any atom is -0.473 e. The van der Waals surface area contributed by atoms with Gasteiger partial charge in [0.1, 0.15) is 11.7 Å². The highest BCUT2D eigenvalue weighted by molar-refractivity contribution is 5.97. The lowest BCUT2D eigenvalue weighted by atomic mass is 9.87. The van der Waals surface area contributed by atoms with Gasteiger partial charge in [0.2, 0.25) is 11.3 Å². The van der Waals surface area contributed by atoms with E-state index in [0.29, 0.717) is 43.2 Å². The lowest BCUT2D eigenvalue weighted by Gasteiger charge is -2.22. The van der Waals surface area contributed by atoms with Crippen LogP contribution in [-0.2, 0) is 24.1 Å². The molecule has 1 unspecified atom stereocenters. The zero-order chi connectivity index (χ0) is 23.3. The molecular formula is C26H28N4O4. The number of fused-ring (bicyclic) bond motifs is 2. The van der Waals surface area contributed by atoms with Crippen molar-refractivity contribution in [1.29, 1.82) is 0 Å². The third-order valence-corrected chi connectivity index (χ3v) is 7.58. The predicted octanol–water partition coefficient (Wildman–Crippen LogP) is 2.61. The molecule has 2 aliphatic heterocycles. The van der Waals surface area contributed by atoms with Crippen molar-refractivity contribution in [1.82, 2.24) is 19.7 Å². The summed E-state index contributed by atoms with van der Waals surface area (Å²) in [6.45, 7) is 5.25.